The summed E-state index contributed by atoms with van der Waals surface area (Å²) in [6.45, 7) is 0. The number of nitrogens with zero attached hydrogens (tertiary/aromatic N) is 3. The predicted octanol–water partition coefficient (Wildman–Crippen LogP) is 1.90. The first-order valence-electron chi connectivity index (χ1n) is 3.77. The van der Waals surface area contributed by atoms with E-state index in [1.807, 2.05) is 41.9 Å². The Kier molecular flexibility index (Phi) is 3.03. The van der Waals surface area contributed by atoms with Crippen LogP contribution in [0, 0.1) is 0 Å². The van der Waals surface area contributed by atoms with E-state index in [1.54, 1.807) is 6.33 Å². The zero-order valence-corrected chi connectivity index (χ0v) is 8.03. The molecule has 0 saturated carbocycles. The number of halogens is 1. The lowest BCUT2D eigenvalue weighted by atomic mass is 10.2. The van der Waals surface area contributed by atoms with Gasteiger partial charge in [0.25, 0.3) is 0 Å². The normalized spacial score (nSPS) is 9.31. The fourth-order valence-corrected chi connectivity index (χ4v) is 1.13. The summed E-state index contributed by atoms with van der Waals surface area (Å²) < 4.78 is 1.90. The maximum Gasteiger partial charge on any atom is 0.163 e. The first-order chi connectivity index (χ1) is 5.88. The Hall–Kier alpha value is -1.35. The van der Waals surface area contributed by atoms with Crippen molar-refractivity contribution in [3.05, 3.63) is 36.7 Å². The van der Waals surface area contributed by atoms with Gasteiger partial charge >= 0.3 is 0 Å². The Labute approximate surface area is 82.8 Å². The molecule has 68 valence electrons. The van der Waals surface area contributed by atoms with Crippen molar-refractivity contribution in [2.45, 2.75) is 0 Å². The Morgan fingerprint density at radius 3 is 2.38 bits per heavy atom. The molecule has 2 aromatic rings. The second-order valence-corrected chi connectivity index (χ2v) is 2.63. The number of aromatic nitrogens is 3. The van der Waals surface area contributed by atoms with Gasteiger partial charge in [0.2, 0.25) is 0 Å². The van der Waals surface area contributed by atoms with Gasteiger partial charge in [0.1, 0.15) is 6.33 Å². The Bertz CT molecular complexity index is 369. The molecule has 0 aliphatic carbocycles. The summed E-state index contributed by atoms with van der Waals surface area (Å²) in [5, 5.41) is 7.81. The zero-order valence-electron chi connectivity index (χ0n) is 7.21. The van der Waals surface area contributed by atoms with Crippen molar-refractivity contribution in [2.75, 3.05) is 0 Å². The molecule has 2 rings (SSSR count). The average Bonchev–Trinajstić information content (AvgIpc) is 2.53. The first kappa shape index (κ1) is 9.74. The van der Waals surface area contributed by atoms with Crippen molar-refractivity contribution in [1.82, 2.24) is 14.8 Å². The first-order valence-corrected chi connectivity index (χ1v) is 3.77. The highest BCUT2D eigenvalue weighted by molar-refractivity contribution is 5.85. The van der Waals surface area contributed by atoms with E-state index in [4.69, 9.17) is 0 Å². The van der Waals surface area contributed by atoms with Crippen LogP contribution in [0.1, 0.15) is 0 Å². The monoisotopic (exact) mass is 195 g/mol. The molecule has 0 fully saturated rings. The minimum Gasteiger partial charge on any atom is -0.317 e. The molecular weight excluding hydrogens is 186 g/mol. The fourth-order valence-electron chi connectivity index (χ4n) is 1.13. The molecule has 0 aliphatic heterocycles. The summed E-state index contributed by atoms with van der Waals surface area (Å²) in [7, 11) is 1.93. The van der Waals surface area contributed by atoms with E-state index in [-0.39, 0.29) is 12.4 Å². The number of hydrogen-bond acceptors (Lipinski definition) is 2. The van der Waals surface area contributed by atoms with Gasteiger partial charge in [0.05, 0.1) is 0 Å². The van der Waals surface area contributed by atoms with E-state index in [2.05, 4.69) is 10.2 Å². The van der Waals surface area contributed by atoms with Crippen LogP contribution in [0.5, 0.6) is 0 Å². The van der Waals surface area contributed by atoms with E-state index in [0.29, 0.717) is 0 Å². The molecule has 0 N–H and O–H groups in total. The second-order valence-electron chi connectivity index (χ2n) is 2.63. The molecule has 0 radical (unpaired) electrons. The molecule has 0 amide bonds. The third-order valence-electron chi connectivity index (χ3n) is 1.74. The lowest BCUT2D eigenvalue weighted by Gasteiger charge is -1.97. The smallest absolute Gasteiger partial charge is 0.163 e. The largest absolute Gasteiger partial charge is 0.317 e. The summed E-state index contributed by atoms with van der Waals surface area (Å²) in [4.78, 5) is 0. The SMILES string of the molecule is Cl.Cn1cnnc1-c1ccccc1. The van der Waals surface area contributed by atoms with Gasteiger partial charge in [-0.3, -0.25) is 0 Å². The van der Waals surface area contributed by atoms with Crippen molar-refractivity contribution in [2.24, 2.45) is 7.05 Å². The van der Waals surface area contributed by atoms with Crippen LogP contribution in [0.25, 0.3) is 11.4 Å². The Morgan fingerprint density at radius 1 is 1.15 bits per heavy atom. The van der Waals surface area contributed by atoms with Gasteiger partial charge in [-0.15, -0.1) is 22.6 Å². The Morgan fingerprint density at radius 2 is 1.85 bits per heavy atom. The Balaban J connectivity index is 0.000000845. The van der Waals surface area contributed by atoms with Crippen molar-refractivity contribution < 1.29 is 0 Å². The summed E-state index contributed by atoms with van der Waals surface area (Å²) in [5.74, 6) is 0.899. The third kappa shape index (κ3) is 1.87. The maximum absolute atomic E-state index is 4.00. The quantitative estimate of drug-likeness (QED) is 0.696. The highest BCUT2D eigenvalue weighted by Crippen LogP contribution is 2.13. The van der Waals surface area contributed by atoms with Gasteiger partial charge in [0.15, 0.2) is 5.82 Å². The van der Waals surface area contributed by atoms with Crippen LogP contribution in [-0.2, 0) is 7.05 Å². The van der Waals surface area contributed by atoms with Crippen LogP contribution in [0.3, 0.4) is 0 Å². The van der Waals surface area contributed by atoms with Crippen molar-refractivity contribution >= 4 is 12.4 Å². The van der Waals surface area contributed by atoms with Crippen LogP contribution >= 0.6 is 12.4 Å². The summed E-state index contributed by atoms with van der Waals surface area (Å²) in [5.41, 5.74) is 1.09. The minimum absolute atomic E-state index is 0. The van der Waals surface area contributed by atoms with Crippen LogP contribution < -0.4 is 0 Å². The fraction of sp³-hybridized carbons (Fsp3) is 0.111. The van der Waals surface area contributed by atoms with Crippen LogP contribution in [0.15, 0.2) is 36.7 Å². The maximum atomic E-state index is 4.00. The van der Waals surface area contributed by atoms with Gasteiger partial charge in [-0.1, -0.05) is 30.3 Å². The molecule has 0 bridgehead atoms. The van der Waals surface area contributed by atoms with E-state index in [9.17, 15) is 0 Å². The number of benzene rings is 1. The molecule has 0 spiro atoms. The lowest BCUT2D eigenvalue weighted by molar-refractivity contribution is 0.920. The van der Waals surface area contributed by atoms with Crippen LogP contribution in [-0.4, -0.2) is 14.8 Å². The highest BCUT2D eigenvalue weighted by atomic mass is 35.5. The number of rotatable bonds is 1. The van der Waals surface area contributed by atoms with Gasteiger partial charge < -0.3 is 4.57 Å². The predicted molar refractivity (Wildman–Crippen MR) is 53.7 cm³/mol. The molecule has 0 unspecified atom stereocenters. The molecule has 1 aromatic heterocycles. The molecule has 0 aliphatic rings. The van der Waals surface area contributed by atoms with Crippen molar-refractivity contribution in [1.29, 1.82) is 0 Å². The second kappa shape index (κ2) is 4.05. The minimum atomic E-state index is 0. The average molecular weight is 196 g/mol. The van der Waals surface area contributed by atoms with Crippen LogP contribution in [0.4, 0.5) is 0 Å². The van der Waals surface area contributed by atoms with Crippen LogP contribution in [0.2, 0.25) is 0 Å². The van der Waals surface area contributed by atoms with Crippen molar-refractivity contribution in [3.8, 4) is 11.4 Å². The molecular formula is C9H10ClN3. The van der Waals surface area contributed by atoms with Crippen molar-refractivity contribution in [3.63, 3.8) is 0 Å². The van der Waals surface area contributed by atoms with E-state index >= 15 is 0 Å². The standard InChI is InChI=1S/C9H9N3.ClH/c1-12-7-10-11-9(12)8-5-3-2-4-6-8;/h2-7H,1H3;1H. The zero-order chi connectivity index (χ0) is 8.39. The summed E-state index contributed by atoms with van der Waals surface area (Å²) in [6.07, 6.45) is 1.70. The van der Waals surface area contributed by atoms with E-state index in [1.165, 1.54) is 0 Å². The molecule has 1 aromatic carbocycles. The molecule has 4 heteroatoms. The van der Waals surface area contributed by atoms with E-state index in [0.717, 1.165) is 11.4 Å². The molecule has 13 heavy (non-hydrogen) atoms. The topological polar surface area (TPSA) is 30.7 Å². The number of aryl methyl sites for hydroxylation is 1. The van der Waals surface area contributed by atoms with Gasteiger partial charge in [-0.05, 0) is 0 Å². The number of hydrogen-bond donors (Lipinski definition) is 0. The molecule has 0 atom stereocenters. The summed E-state index contributed by atoms with van der Waals surface area (Å²) >= 11 is 0. The molecule has 3 nitrogen and oxygen atoms in total. The lowest BCUT2D eigenvalue weighted by Crippen LogP contribution is -1.89. The summed E-state index contributed by atoms with van der Waals surface area (Å²) in [6, 6.07) is 10.0. The van der Waals surface area contributed by atoms with Gasteiger partial charge in [-0.25, -0.2) is 0 Å². The highest BCUT2D eigenvalue weighted by Gasteiger charge is 2.01. The third-order valence-corrected chi connectivity index (χ3v) is 1.74. The molecule has 0 saturated heterocycles. The van der Waals surface area contributed by atoms with Gasteiger partial charge in [-0.2, -0.15) is 0 Å². The molecule has 1 heterocycles. The van der Waals surface area contributed by atoms with Gasteiger partial charge in [0, 0.05) is 12.6 Å². The van der Waals surface area contributed by atoms with E-state index < -0.39 is 0 Å².